The number of furan rings is 1. The SMILES string of the molecule is CC(C)(C)OC(=O)N[C@H](c1ccco1)C(C(=O)OCc1ccccc1)C(=O)OCc1ccccc1. The van der Waals surface area contributed by atoms with E-state index < -0.39 is 35.6 Å². The van der Waals surface area contributed by atoms with Crippen LogP contribution >= 0.6 is 0 Å². The van der Waals surface area contributed by atoms with E-state index in [0.29, 0.717) is 0 Å². The molecule has 35 heavy (non-hydrogen) atoms. The Morgan fingerprint density at radius 1 is 0.800 bits per heavy atom. The van der Waals surface area contributed by atoms with Gasteiger partial charge in [0.05, 0.1) is 6.26 Å². The lowest BCUT2D eigenvalue weighted by molar-refractivity contribution is -0.165. The number of nitrogens with one attached hydrogen (secondary N) is 1. The summed E-state index contributed by atoms with van der Waals surface area (Å²) in [6.07, 6.45) is 0.552. The number of benzene rings is 2. The Morgan fingerprint density at radius 2 is 1.31 bits per heavy atom. The predicted molar refractivity (Wildman–Crippen MR) is 127 cm³/mol. The van der Waals surface area contributed by atoms with Crippen molar-refractivity contribution in [2.75, 3.05) is 0 Å². The zero-order valence-corrected chi connectivity index (χ0v) is 19.9. The van der Waals surface area contributed by atoms with Crippen LogP contribution in [0.1, 0.15) is 43.7 Å². The van der Waals surface area contributed by atoms with E-state index in [1.165, 1.54) is 6.26 Å². The minimum atomic E-state index is -1.54. The van der Waals surface area contributed by atoms with E-state index in [9.17, 15) is 14.4 Å². The minimum Gasteiger partial charge on any atom is -0.467 e. The van der Waals surface area contributed by atoms with Gasteiger partial charge >= 0.3 is 18.0 Å². The summed E-state index contributed by atoms with van der Waals surface area (Å²) in [6.45, 7) is 5.00. The second kappa shape index (κ2) is 11.9. The van der Waals surface area contributed by atoms with Crippen molar-refractivity contribution < 1.29 is 33.0 Å². The fraction of sp³-hybridized carbons (Fsp3) is 0.296. The smallest absolute Gasteiger partial charge is 0.408 e. The number of esters is 2. The lowest BCUT2D eigenvalue weighted by Gasteiger charge is -2.26. The fourth-order valence-electron chi connectivity index (χ4n) is 3.23. The summed E-state index contributed by atoms with van der Waals surface area (Å²) in [7, 11) is 0. The molecular weight excluding hydrogens is 450 g/mol. The van der Waals surface area contributed by atoms with Gasteiger partial charge in [-0.05, 0) is 44.0 Å². The summed E-state index contributed by atoms with van der Waals surface area (Å²) in [4.78, 5) is 39.0. The average Bonchev–Trinajstić information content (AvgIpc) is 3.36. The van der Waals surface area contributed by atoms with Gasteiger partial charge in [0, 0.05) is 0 Å². The van der Waals surface area contributed by atoms with Gasteiger partial charge in [-0.15, -0.1) is 0 Å². The van der Waals surface area contributed by atoms with Gasteiger partial charge in [0.25, 0.3) is 0 Å². The average molecular weight is 480 g/mol. The molecule has 8 nitrogen and oxygen atoms in total. The number of carbonyl (C=O) groups excluding carboxylic acids is 3. The van der Waals surface area contributed by atoms with E-state index in [2.05, 4.69) is 5.32 Å². The van der Waals surface area contributed by atoms with E-state index in [0.717, 1.165) is 11.1 Å². The molecule has 0 aliphatic carbocycles. The summed E-state index contributed by atoms with van der Waals surface area (Å²) in [5.74, 6) is -3.11. The third-order valence-corrected chi connectivity index (χ3v) is 4.81. The van der Waals surface area contributed by atoms with Crippen LogP contribution in [-0.2, 0) is 37.0 Å². The lowest BCUT2D eigenvalue weighted by Crippen LogP contribution is -2.43. The predicted octanol–water partition coefficient (Wildman–Crippen LogP) is 4.95. The summed E-state index contributed by atoms with van der Waals surface area (Å²) >= 11 is 0. The van der Waals surface area contributed by atoms with Gasteiger partial charge in [-0.3, -0.25) is 9.59 Å². The maximum absolute atomic E-state index is 13.2. The van der Waals surface area contributed by atoms with Crippen LogP contribution in [0.4, 0.5) is 4.79 Å². The number of hydrogen-bond acceptors (Lipinski definition) is 7. The summed E-state index contributed by atoms with van der Waals surface area (Å²) in [5.41, 5.74) is 0.688. The normalized spacial score (nSPS) is 12.0. The van der Waals surface area contributed by atoms with Crippen LogP contribution in [0.15, 0.2) is 83.5 Å². The van der Waals surface area contributed by atoms with Gasteiger partial charge < -0.3 is 23.9 Å². The van der Waals surface area contributed by atoms with E-state index in [1.807, 2.05) is 36.4 Å². The van der Waals surface area contributed by atoms with Gasteiger partial charge in [0.1, 0.15) is 30.6 Å². The standard InChI is InChI=1S/C27H29NO7/c1-27(2,3)35-26(31)28-23(21-15-10-16-32-21)22(24(29)33-17-19-11-6-4-7-12-19)25(30)34-18-20-13-8-5-9-14-20/h4-16,22-23H,17-18H2,1-3H3,(H,28,31)/t23-/m1/s1. The van der Waals surface area contributed by atoms with E-state index in [1.54, 1.807) is 57.2 Å². The number of alkyl carbamates (subject to hydrolysis) is 1. The summed E-state index contributed by atoms with van der Waals surface area (Å²) in [6, 6.07) is 20.0. The zero-order chi connectivity index (χ0) is 25.3. The number of ether oxygens (including phenoxy) is 3. The van der Waals surface area contributed by atoms with Crippen molar-refractivity contribution in [3.8, 4) is 0 Å². The van der Waals surface area contributed by atoms with Crippen molar-refractivity contribution in [1.82, 2.24) is 5.32 Å². The Labute approximate surface area is 204 Å². The van der Waals surface area contributed by atoms with Gasteiger partial charge in [0.15, 0.2) is 5.92 Å². The molecule has 8 heteroatoms. The first-order valence-corrected chi connectivity index (χ1v) is 11.2. The monoisotopic (exact) mass is 479 g/mol. The van der Waals surface area contributed by atoms with Crippen LogP contribution in [0.25, 0.3) is 0 Å². The molecule has 3 rings (SSSR count). The van der Waals surface area contributed by atoms with Crippen LogP contribution in [0.5, 0.6) is 0 Å². The molecule has 0 spiro atoms. The topological polar surface area (TPSA) is 104 Å². The maximum Gasteiger partial charge on any atom is 0.408 e. The van der Waals surface area contributed by atoms with Crippen molar-refractivity contribution in [3.05, 3.63) is 95.9 Å². The molecule has 0 aliphatic heterocycles. The van der Waals surface area contributed by atoms with Crippen molar-refractivity contribution in [1.29, 1.82) is 0 Å². The molecule has 1 heterocycles. The van der Waals surface area contributed by atoms with Gasteiger partial charge in [-0.25, -0.2) is 4.79 Å². The van der Waals surface area contributed by atoms with E-state index in [-0.39, 0.29) is 19.0 Å². The number of amides is 1. The molecule has 0 saturated heterocycles. The van der Waals surface area contributed by atoms with Crippen molar-refractivity contribution in [2.24, 2.45) is 5.92 Å². The first-order valence-electron chi connectivity index (χ1n) is 11.2. The van der Waals surface area contributed by atoms with Crippen LogP contribution in [0, 0.1) is 5.92 Å². The van der Waals surface area contributed by atoms with E-state index >= 15 is 0 Å². The molecular formula is C27H29NO7. The quantitative estimate of drug-likeness (QED) is 0.263. The molecule has 1 N–H and O–H groups in total. The Balaban J connectivity index is 1.85. The molecule has 1 amide bonds. The molecule has 0 aliphatic rings. The third-order valence-electron chi connectivity index (χ3n) is 4.81. The Kier molecular flexibility index (Phi) is 8.67. The number of hydrogen-bond donors (Lipinski definition) is 1. The highest BCUT2D eigenvalue weighted by Crippen LogP contribution is 2.27. The highest BCUT2D eigenvalue weighted by atomic mass is 16.6. The van der Waals surface area contributed by atoms with Gasteiger partial charge in [-0.2, -0.15) is 0 Å². The molecule has 0 fully saturated rings. The minimum absolute atomic E-state index is 0.0561. The first-order chi connectivity index (χ1) is 16.7. The molecule has 0 radical (unpaired) electrons. The molecule has 2 aromatic carbocycles. The summed E-state index contributed by atoms with van der Waals surface area (Å²) < 4.78 is 21.7. The Bertz CT molecular complexity index is 1030. The zero-order valence-electron chi connectivity index (χ0n) is 19.9. The second-order valence-electron chi connectivity index (χ2n) is 8.80. The van der Waals surface area contributed by atoms with Crippen LogP contribution in [0.2, 0.25) is 0 Å². The van der Waals surface area contributed by atoms with Crippen molar-refractivity contribution >= 4 is 18.0 Å². The molecule has 1 aromatic heterocycles. The number of rotatable bonds is 9. The first kappa shape index (κ1) is 25.6. The van der Waals surface area contributed by atoms with Crippen molar-refractivity contribution in [2.45, 2.75) is 45.6 Å². The molecule has 1 atom stereocenters. The molecule has 0 saturated carbocycles. The molecule has 0 unspecified atom stereocenters. The number of carbonyl (C=O) groups is 3. The largest absolute Gasteiger partial charge is 0.467 e. The van der Waals surface area contributed by atoms with Crippen molar-refractivity contribution in [3.63, 3.8) is 0 Å². The molecule has 3 aromatic rings. The lowest BCUT2D eigenvalue weighted by atomic mass is 9.97. The van der Waals surface area contributed by atoms with E-state index in [4.69, 9.17) is 18.6 Å². The van der Waals surface area contributed by atoms with Crippen LogP contribution in [0.3, 0.4) is 0 Å². The molecule has 0 bridgehead atoms. The third kappa shape index (κ3) is 8.03. The maximum atomic E-state index is 13.2. The van der Waals surface area contributed by atoms with Gasteiger partial charge in [-0.1, -0.05) is 60.7 Å². The van der Waals surface area contributed by atoms with Crippen LogP contribution in [-0.4, -0.2) is 23.6 Å². The van der Waals surface area contributed by atoms with Crippen LogP contribution < -0.4 is 5.32 Å². The summed E-state index contributed by atoms with van der Waals surface area (Å²) in [5, 5.41) is 2.58. The Morgan fingerprint density at radius 3 is 1.74 bits per heavy atom. The Hall–Kier alpha value is -4.07. The molecule has 184 valence electrons. The van der Waals surface area contributed by atoms with Gasteiger partial charge in [0.2, 0.25) is 0 Å². The fourth-order valence-corrected chi connectivity index (χ4v) is 3.23. The highest BCUT2D eigenvalue weighted by molar-refractivity contribution is 5.96. The highest BCUT2D eigenvalue weighted by Gasteiger charge is 2.42. The second-order valence-corrected chi connectivity index (χ2v) is 8.80.